The van der Waals surface area contributed by atoms with Crippen molar-refractivity contribution in [2.45, 2.75) is 24.0 Å². The van der Waals surface area contributed by atoms with Gasteiger partial charge in [0.2, 0.25) is 0 Å². The van der Waals surface area contributed by atoms with E-state index in [1.54, 1.807) is 24.3 Å². The van der Waals surface area contributed by atoms with E-state index in [-0.39, 0.29) is 34.7 Å². The Morgan fingerprint density at radius 1 is 1.38 bits per heavy atom. The molecular weight excluding hydrogens is 308 g/mol. The molecule has 1 N–H and O–H groups in total. The van der Waals surface area contributed by atoms with Crippen molar-refractivity contribution in [3.63, 3.8) is 0 Å². The number of ketones is 2. The fourth-order valence-electron chi connectivity index (χ4n) is 5.02. The van der Waals surface area contributed by atoms with Crippen LogP contribution in [0, 0.1) is 11.8 Å². The van der Waals surface area contributed by atoms with E-state index in [2.05, 4.69) is 6.58 Å². The number of rotatable bonds is 2. The Morgan fingerprint density at radius 3 is 3.00 bits per heavy atom. The summed E-state index contributed by atoms with van der Waals surface area (Å²) in [6, 6.07) is 4.76. The van der Waals surface area contributed by atoms with Crippen LogP contribution in [0.2, 0.25) is 0 Å². The average Bonchev–Trinajstić information content (AvgIpc) is 2.81. The SMILES string of the molecule is C=CCC12OC[C@@H]3C[C@@H](C=C4C(=O)c5c(O)cccc5O[C@]431)C2=O. The fraction of sp³-hybridized carbons (Fsp3) is 0.368. The molecule has 5 heteroatoms. The van der Waals surface area contributed by atoms with E-state index < -0.39 is 11.2 Å². The molecule has 2 aliphatic heterocycles. The maximum atomic E-state index is 13.1. The van der Waals surface area contributed by atoms with Crippen LogP contribution in [0.3, 0.4) is 0 Å². The first-order valence-electron chi connectivity index (χ1n) is 8.12. The first-order chi connectivity index (χ1) is 11.5. The van der Waals surface area contributed by atoms with Gasteiger partial charge in [0.25, 0.3) is 0 Å². The van der Waals surface area contributed by atoms with Gasteiger partial charge in [-0.3, -0.25) is 9.59 Å². The van der Waals surface area contributed by atoms with E-state index in [4.69, 9.17) is 9.47 Å². The summed E-state index contributed by atoms with van der Waals surface area (Å²) >= 11 is 0. The van der Waals surface area contributed by atoms with Gasteiger partial charge in [0.05, 0.1) is 6.61 Å². The summed E-state index contributed by atoms with van der Waals surface area (Å²) in [6.07, 6.45) is 4.31. The largest absolute Gasteiger partial charge is 0.507 e. The smallest absolute Gasteiger partial charge is 0.200 e. The molecule has 1 aromatic rings. The lowest BCUT2D eigenvalue weighted by Crippen LogP contribution is -2.71. The van der Waals surface area contributed by atoms with Crippen molar-refractivity contribution in [3.8, 4) is 11.5 Å². The number of ether oxygens (including phenoxy) is 2. The van der Waals surface area contributed by atoms with Crippen molar-refractivity contribution >= 4 is 11.6 Å². The molecule has 1 saturated heterocycles. The molecule has 3 aliphatic carbocycles. The number of Topliss-reactive ketones (excluding diaryl/α,β-unsaturated/α-hetero) is 2. The third-order valence-electron chi connectivity index (χ3n) is 5.93. The number of hydrogen-bond acceptors (Lipinski definition) is 5. The number of carbonyl (C=O) groups is 2. The highest BCUT2D eigenvalue weighted by Crippen LogP contribution is 2.63. The quantitative estimate of drug-likeness (QED) is 0.844. The number of aromatic hydroxyl groups is 1. The molecule has 5 nitrogen and oxygen atoms in total. The molecule has 24 heavy (non-hydrogen) atoms. The molecule has 0 aromatic heterocycles. The molecule has 1 unspecified atom stereocenters. The van der Waals surface area contributed by atoms with Gasteiger partial charge in [0, 0.05) is 23.8 Å². The third-order valence-corrected chi connectivity index (χ3v) is 5.93. The van der Waals surface area contributed by atoms with Crippen LogP contribution >= 0.6 is 0 Å². The third kappa shape index (κ3) is 1.25. The summed E-state index contributed by atoms with van der Waals surface area (Å²) in [7, 11) is 0. The molecule has 122 valence electrons. The van der Waals surface area contributed by atoms with E-state index >= 15 is 0 Å². The Hall–Kier alpha value is -2.40. The van der Waals surface area contributed by atoms with Crippen molar-refractivity contribution in [2.75, 3.05) is 6.61 Å². The number of phenolic OH excluding ortho intramolecular Hbond substituents is 1. The highest BCUT2D eigenvalue weighted by Gasteiger charge is 2.76. The van der Waals surface area contributed by atoms with Crippen LogP contribution in [0.25, 0.3) is 0 Å². The number of hydrogen-bond donors (Lipinski definition) is 1. The molecule has 6 rings (SSSR count). The summed E-state index contributed by atoms with van der Waals surface area (Å²) in [5, 5.41) is 10.1. The molecule has 0 amide bonds. The zero-order valence-corrected chi connectivity index (χ0v) is 13.0. The highest BCUT2D eigenvalue weighted by atomic mass is 16.6. The fourth-order valence-corrected chi connectivity index (χ4v) is 5.02. The van der Waals surface area contributed by atoms with Crippen molar-refractivity contribution in [1.29, 1.82) is 0 Å². The molecule has 0 radical (unpaired) electrons. The maximum Gasteiger partial charge on any atom is 0.200 e. The zero-order valence-electron chi connectivity index (χ0n) is 13.0. The molecular formula is C19H16O5. The first-order valence-corrected chi connectivity index (χ1v) is 8.12. The van der Waals surface area contributed by atoms with Crippen molar-refractivity contribution < 1.29 is 24.2 Å². The van der Waals surface area contributed by atoms with Crippen LogP contribution in [-0.2, 0) is 9.53 Å². The van der Waals surface area contributed by atoms with Crippen LogP contribution in [-0.4, -0.2) is 34.5 Å². The van der Waals surface area contributed by atoms with Crippen molar-refractivity contribution in [1.82, 2.24) is 0 Å². The normalized spacial score (nSPS) is 38.2. The standard InChI is InChI=1S/C19H16O5/c1-2-6-18-17(22)10-7-11(9-23-18)19(18)12(8-10)16(21)15-13(20)4-3-5-14(15)24-19/h2-5,8,10-11,20H,1,6-7,9H2/t10-,11-,18?,19-/m0/s1. The molecule has 1 spiro atoms. The van der Waals surface area contributed by atoms with Crippen LogP contribution in [0.15, 0.2) is 42.5 Å². The lowest BCUT2D eigenvalue weighted by Gasteiger charge is -2.55. The van der Waals surface area contributed by atoms with Gasteiger partial charge in [0.15, 0.2) is 22.8 Å². The number of phenols is 1. The number of carbonyl (C=O) groups excluding carboxylic acids is 2. The lowest BCUT2D eigenvalue weighted by atomic mass is 9.53. The summed E-state index contributed by atoms with van der Waals surface area (Å²) in [5.74, 6) is -0.484. The van der Waals surface area contributed by atoms with Gasteiger partial charge in [-0.15, -0.1) is 6.58 Å². The van der Waals surface area contributed by atoms with Gasteiger partial charge >= 0.3 is 0 Å². The molecule has 1 aromatic carbocycles. The van der Waals surface area contributed by atoms with Gasteiger partial charge in [-0.2, -0.15) is 0 Å². The van der Waals surface area contributed by atoms with Crippen molar-refractivity contribution in [3.05, 3.63) is 48.1 Å². The second-order valence-electron chi connectivity index (χ2n) is 6.93. The monoisotopic (exact) mass is 324 g/mol. The minimum absolute atomic E-state index is 0.0312. The Labute approximate surface area is 138 Å². The zero-order chi connectivity index (χ0) is 16.7. The van der Waals surface area contributed by atoms with Gasteiger partial charge in [0.1, 0.15) is 17.1 Å². The summed E-state index contributed by atoms with van der Waals surface area (Å²) in [5.41, 5.74) is -1.67. The van der Waals surface area contributed by atoms with Crippen molar-refractivity contribution in [2.24, 2.45) is 11.8 Å². The van der Waals surface area contributed by atoms with Crippen LogP contribution in [0.1, 0.15) is 23.2 Å². The molecule has 2 fully saturated rings. The van der Waals surface area contributed by atoms with E-state index in [1.165, 1.54) is 6.07 Å². The van der Waals surface area contributed by atoms with Gasteiger partial charge in [-0.25, -0.2) is 0 Å². The van der Waals surface area contributed by atoms with Gasteiger partial charge in [-0.05, 0) is 18.6 Å². The summed E-state index contributed by atoms with van der Waals surface area (Å²) in [4.78, 5) is 26.2. The number of benzene rings is 1. The Bertz CT molecular complexity index is 853. The number of fused-ring (bicyclic) bond motifs is 1. The highest BCUT2D eigenvalue weighted by molar-refractivity contribution is 6.17. The molecule has 5 aliphatic rings. The minimum Gasteiger partial charge on any atom is -0.507 e. The Balaban J connectivity index is 1.83. The molecule has 2 heterocycles. The molecule has 1 saturated carbocycles. The Kier molecular flexibility index (Phi) is 2.43. The second-order valence-corrected chi connectivity index (χ2v) is 6.93. The second kappa shape index (κ2) is 4.16. The summed E-state index contributed by atoms with van der Waals surface area (Å²) in [6.45, 7) is 4.15. The average molecular weight is 324 g/mol. The molecule has 4 atom stereocenters. The number of allylic oxidation sites excluding steroid dienone is 1. The van der Waals surface area contributed by atoms with Crippen LogP contribution in [0.5, 0.6) is 11.5 Å². The van der Waals surface area contributed by atoms with Gasteiger partial charge in [-0.1, -0.05) is 18.2 Å². The first kappa shape index (κ1) is 14.0. The van der Waals surface area contributed by atoms with E-state index in [0.717, 1.165) is 0 Å². The van der Waals surface area contributed by atoms with Gasteiger partial charge < -0.3 is 14.6 Å². The summed E-state index contributed by atoms with van der Waals surface area (Å²) < 4.78 is 12.3. The topological polar surface area (TPSA) is 72.8 Å². The van der Waals surface area contributed by atoms with Crippen LogP contribution in [0.4, 0.5) is 0 Å². The van der Waals surface area contributed by atoms with Crippen LogP contribution < -0.4 is 4.74 Å². The minimum atomic E-state index is -1.19. The predicted molar refractivity (Wildman–Crippen MR) is 84.0 cm³/mol. The maximum absolute atomic E-state index is 13.1. The Morgan fingerprint density at radius 2 is 2.21 bits per heavy atom. The van der Waals surface area contributed by atoms with E-state index in [1.807, 2.05) is 0 Å². The molecule has 4 bridgehead atoms. The lowest BCUT2D eigenvalue weighted by molar-refractivity contribution is -0.165. The predicted octanol–water partition coefficient (Wildman–Crippen LogP) is 2.20. The van der Waals surface area contributed by atoms with E-state index in [9.17, 15) is 14.7 Å². The van der Waals surface area contributed by atoms with E-state index in [0.29, 0.717) is 30.8 Å².